The van der Waals surface area contributed by atoms with Crippen molar-refractivity contribution in [2.75, 3.05) is 0 Å². The van der Waals surface area contributed by atoms with Crippen LogP contribution in [0.1, 0.15) is 33.8 Å². The van der Waals surface area contributed by atoms with Crippen molar-refractivity contribution < 1.29 is 11.9 Å². The molecular formula is C17H12ClFN6O4. The van der Waals surface area contributed by atoms with E-state index < -0.39 is 56.9 Å². The van der Waals surface area contributed by atoms with Gasteiger partial charge in [-0.2, -0.15) is 9.94 Å². The first kappa shape index (κ1) is 17.3. The van der Waals surface area contributed by atoms with E-state index in [0.717, 1.165) is 0 Å². The van der Waals surface area contributed by atoms with E-state index in [1.807, 2.05) is 0 Å². The Bertz CT molecular complexity index is 1400. The molecule has 0 amide bonds. The lowest BCUT2D eigenvalue weighted by atomic mass is 10.1. The summed E-state index contributed by atoms with van der Waals surface area (Å²) in [5.41, 5.74) is -3.93. The van der Waals surface area contributed by atoms with Gasteiger partial charge in [0.25, 0.3) is 11.1 Å². The third kappa shape index (κ3) is 3.92. The second kappa shape index (κ2) is 7.69. The van der Waals surface area contributed by atoms with Crippen LogP contribution in [0.5, 0.6) is 11.6 Å². The fraction of sp³-hybridized carbons (Fsp3) is 0.176. The predicted octanol–water partition coefficient (Wildman–Crippen LogP) is 1.58. The molecule has 3 rings (SSSR count). The normalized spacial score (nSPS) is 11.7. The van der Waals surface area contributed by atoms with Gasteiger partial charge in [-0.15, -0.1) is 10.2 Å². The molecular weight excluding hydrogens is 407 g/mol. The summed E-state index contributed by atoms with van der Waals surface area (Å²) in [6.07, 6.45) is 0. The van der Waals surface area contributed by atoms with E-state index in [4.69, 9.17) is 24.3 Å². The van der Waals surface area contributed by atoms with Gasteiger partial charge in [0.05, 0.1) is 13.5 Å². The van der Waals surface area contributed by atoms with Crippen LogP contribution in [0.15, 0.2) is 32.5 Å². The van der Waals surface area contributed by atoms with Crippen LogP contribution in [0, 0.1) is 17.1 Å². The predicted molar refractivity (Wildman–Crippen MR) is 99.2 cm³/mol. The average Bonchev–Trinajstić information content (AvgIpc) is 2.72. The molecule has 0 aliphatic carbocycles. The molecule has 0 aliphatic heterocycles. The summed E-state index contributed by atoms with van der Waals surface area (Å²) in [6.45, 7) is 3.48. The van der Waals surface area contributed by atoms with E-state index in [1.165, 1.54) is 12.1 Å². The zero-order valence-corrected chi connectivity index (χ0v) is 15.6. The lowest BCUT2D eigenvalue weighted by molar-refractivity contribution is 0.419. The van der Waals surface area contributed by atoms with Crippen molar-refractivity contribution in [3.05, 3.63) is 71.4 Å². The number of H-pyrrole nitrogens is 2. The van der Waals surface area contributed by atoms with Crippen molar-refractivity contribution in [3.63, 3.8) is 0 Å². The van der Waals surface area contributed by atoms with Gasteiger partial charge in [-0.05, 0) is 12.0 Å². The summed E-state index contributed by atoms with van der Waals surface area (Å²) in [4.78, 5) is 37.2. The molecule has 0 saturated heterocycles. The number of hydrogen-bond acceptors (Lipinski definition) is 7. The van der Waals surface area contributed by atoms with Crippen LogP contribution in [0.25, 0.3) is 5.69 Å². The minimum Gasteiger partial charge on any atom is -0.433 e. The smallest absolute Gasteiger partial charge is 0.349 e. The summed E-state index contributed by atoms with van der Waals surface area (Å²) in [6, 6.07) is 0.951. The van der Waals surface area contributed by atoms with E-state index in [-0.39, 0.29) is 11.8 Å². The SMILES string of the molecule is [2H]c1c(F)c(Oc2cc(C(C)C)c(=O)[nH]n2)c(Cl)c([2H])c1-n1nc(C#N)c(=O)[nH]c1=O. The lowest BCUT2D eigenvalue weighted by Gasteiger charge is -2.11. The summed E-state index contributed by atoms with van der Waals surface area (Å²) in [7, 11) is 0. The maximum Gasteiger partial charge on any atom is 0.349 e. The third-order valence-corrected chi connectivity index (χ3v) is 3.90. The number of nitriles is 1. The summed E-state index contributed by atoms with van der Waals surface area (Å²) < 4.78 is 36.7. The highest BCUT2D eigenvalue weighted by atomic mass is 35.5. The quantitative estimate of drug-likeness (QED) is 0.651. The monoisotopic (exact) mass is 420 g/mol. The lowest BCUT2D eigenvalue weighted by Crippen LogP contribution is -2.33. The van der Waals surface area contributed by atoms with Crippen LogP contribution >= 0.6 is 11.6 Å². The summed E-state index contributed by atoms with van der Waals surface area (Å²) in [5, 5.41) is 17.6. The molecule has 2 heterocycles. The Morgan fingerprint density at radius 1 is 1.34 bits per heavy atom. The number of rotatable bonds is 4. The van der Waals surface area contributed by atoms with Crippen molar-refractivity contribution >= 4 is 11.6 Å². The van der Waals surface area contributed by atoms with Gasteiger partial charge in [-0.1, -0.05) is 25.4 Å². The minimum atomic E-state index is -1.37. The molecule has 0 bridgehead atoms. The minimum absolute atomic E-state index is 0.206. The van der Waals surface area contributed by atoms with Crippen LogP contribution < -0.4 is 21.5 Å². The topological polar surface area (TPSA) is 147 Å². The number of hydrogen-bond donors (Lipinski definition) is 2. The highest BCUT2D eigenvalue weighted by Crippen LogP contribution is 2.33. The molecule has 0 atom stereocenters. The Morgan fingerprint density at radius 2 is 2.07 bits per heavy atom. The van der Waals surface area contributed by atoms with Crippen molar-refractivity contribution in [2.24, 2.45) is 0 Å². The molecule has 0 aliphatic rings. The highest BCUT2D eigenvalue weighted by Gasteiger charge is 2.17. The molecule has 148 valence electrons. The van der Waals surface area contributed by atoms with E-state index in [9.17, 15) is 18.8 Å². The van der Waals surface area contributed by atoms with Gasteiger partial charge in [0.15, 0.2) is 11.6 Å². The molecule has 0 unspecified atom stereocenters. The molecule has 0 radical (unpaired) electrons. The van der Waals surface area contributed by atoms with Crippen LogP contribution in [0.3, 0.4) is 0 Å². The van der Waals surface area contributed by atoms with Crippen LogP contribution in [-0.2, 0) is 0 Å². The highest BCUT2D eigenvalue weighted by molar-refractivity contribution is 6.32. The number of nitrogens with one attached hydrogen (secondary N) is 2. The third-order valence-electron chi connectivity index (χ3n) is 3.64. The number of aromatic nitrogens is 5. The molecule has 0 saturated carbocycles. The Labute approximate surface area is 169 Å². The van der Waals surface area contributed by atoms with Crippen molar-refractivity contribution in [1.82, 2.24) is 25.0 Å². The van der Waals surface area contributed by atoms with Gasteiger partial charge in [0, 0.05) is 17.7 Å². The van der Waals surface area contributed by atoms with Gasteiger partial charge in [-0.3, -0.25) is 14.6 Å². The van der Waals surface area contributed by atoms with Crippen LogP contribution in [-0.4, -0.2) is 25.0 Å². The van der Waals surface area contributed by atoms with E-state index in [0.29, 0.717) is 10.2 Å². The second-order valence-electron chi connectivity index (χ2n) is 5.93. The maximum atomic E-state index is 14.9. The van der Waals surface area contributed by atoms with Gasteiger partial charge in [0.2, 0.25) is 11.6 Å². The first-order chi connectivity index (χ1) is 14.6. The van der Waals surface area contributed by atoms with E-state index in [2.05, 4.69) is 15.3 Å². The average molecular weight is 421 g/mol. The molecule has 0 fully saturated rings. The van der Waals surface area contributed by atoms with Crippen LogP contribution in [0.2, 0.25) is 5.02 Å². The molecule has 29 heavy (non-hydrogen) atoms. The summed E-state index contributed by atoms with van der Waals surface area (Å²) >= 11 is 6.05. The molecule has 2 aromatic heterocycles. The molecule has 12 heteroatoms. The Morgan fingerprint density at radius 3 is 2.72 bits per heavy atom. The number of benzene rings is 1. The van der Waals surface area contributed by atoms with E-state index in [1.54, 1.807) is 18.8 Å². The summed E-state index contributed by atoms with van der Waals surface area (Å²) in [5.74, 6) is -2.56. The molecule has 2 N–H and O–H groups in total. The molecule has 0 spiro atoms. The van der Waals surface area contributed by atoms with Crippen molar-refractivity contribution in [3.8, 4) is 23.4 Å². The van der Waals surface area contributed by atoms with Gasteiger partial charge in [-0.25, -0.2) is 14.3 Å². The number of ether oxygens (including phenoxy) is 1. The Hall–Kier alpha value is -3.78. The zero-order chi connectivity index (χ0) is 23.0. The van der Waals surface area contributed by atoms with Crippen molar-refractivity contribution in [1.29, 1.82) is 5.26 Å². The maximum absolute atomic E-state index is 14.9. The van der Waals surface area contributed by atoms with E-state index >= 15 is 0 Å². The zero-order valence-electron chi connectivity index (χ0n) is 16.8. The van der Waals surface area contributed by atoms with Crippen LogP contribution in [0.4, 0.5) is 4.39 Å². The first-order valence-corrected chi connectivity index (χ1v) is 8.34. The molecule has 10 nitrogen and oxygen atoms in total. The Kier molecular flexibility index (Phi) is 4.59. The van der Waals surface area contributed by atoms with Gasteiger partial charge >= 0.3 is 5.69 Å². The fourth-order valence-electron chi connectivity index (χ4n) is 2.26. The fourth-order valence-corrected chi connectivity index (χ4v) is 2.47. The first-order valence-electron chi connectivity index (χ1n) is 8.96. The molecule has 1 aromatic carbocycles. The Balaban J connectivity index is 2.20. The van der Waals surface area contributed by atoms with Crippen molar-refractivity contribution in [2.45, 2.75) is 19.8 Å². The number of halogens is 2. The molecule has 3 aromatic rings. The number of aromatic amines is 2. The van der Waals surface area contributed by atoms with Gasteiger partial charge < -0.3 is 4.74 Å². The second-order valence-corrected chi connectivity index (χ2v) is 6.31. The standard InChI is InChI=1S/C17H12ClFN6O4/c1-7(2)9-5-13(22-23-15(9)26)29-14-10(18)3-8(4-11(14)19)25-17(28)21-16(27)12(6-20)24-25/h3-5,7H,1-2H3,(H,23,26)(H,21,27,28)/i3D,4D. The largest absolute Gasteiger partial charge is 0.433 e. The number of nitrogens with zero attached hydrogens (tertiary/aromatic N) is 4. The van der Waals surface area contributed by atoms with Gasteiger partial charge in [0.1, 0.15) is 6.07 Å².